The van der Waals surface area contributed by atoms with E-state index in [-0.39, 0.29) is 12.5 Å². The molecule has 3 rings (SSSR count). The van der Waals surface area contributed by atoms with Crippen LogP contribution in [-0.2, 0) is 27.8 Å². The Morgan fingerprint density at radius 3 is 2.79 bits per heavy atom. The number of amides is 1. The smallest absolute Gasteiger partial charge is 0.236 e. The van der Waals surface area contributed by atoms with E-state index in [1.165, 1.54) is 28.0 Å². The number of hydrogen-bond donors (Lipinski definition) is 1. The maximum Gasteiger partial charge on any atom is 0.236 e. The Balaban J connectivity index is 1.75. The van der Waals surface area contributed by atoms with E-state index in [0.717, 1.165) is 16.1 Å². The van der Waals surface area contributed by atoms with Gasteiger partial charge in [-0.05, 0) is 11.6 Å². The summed E-state index contributed by atoms with van der Waals surface area (Å²) in [6.45, 7) is 2.09. The number of nitrogens with one attached hydrogen (secondary N) is 1. The molecule has 1 aromatic carbocycles. The second kappa shape index (κ2) is 6.84. The normalized spacial score (nSPS) is 15.4. The Morgan fingerprint density at radius 2 is 2.08 bits per heavy atom. The van der Waals surface area contributed by atoms with E-state index in [1.54, 1.807) is 6.08 Å². The number of sulfonamides is 1. The molecule has 0 bridgehead atoms. The van der Waals surface area contributed by atoms with Crippen molar-refractivity contribution in [2.45, 2.75) is 19.9 Å². The SMILES string of the molecule is CC(=O)Nc1nc2c(s1)CN(S(=O)(=O)/C=C/c1ccccc1)CC2. The van der Waals surface area contributed by atoms with E-state index in [2.05, 4.69) is 10.3 Å². The van der Waals surface area contributed by atoms with Gasteiger partial charge in [0.15, 0.2) is 5.13 Å². The van der Waals surface area contributed by atoms with Crippen LogP contribution in [0.15, 0.2) is 35.7 Å². The topological polar surface area (TPSA) is 79.4 Å². The monoisotopic (exact) mass is 363 g/mol. The fraction of sp³-hybridized carbons (Fsp3) is 0.250. The first-order valence-electron chi connectivity index (χ1n) is 7.43. The van der Waals surface area contributed by atoms with Crippen molar-refractivity contribution in [3.05, 3.63) is 51.9 Å². The highest BCUT2D eigenvalue weighted by molar-refractivity contribution is 7.92. The fourth-order valence-corrected chi connectivity index (χ4v) is 4.72. The molecule has 0 aliphatic carbocycles. The lowest BCUT2D eigenvalue weighted by molar-refractivity contribution is -0.114. The van der Waals surface area contributed by atoms with Gasteiger partial charge in [-0.25, -0.2) is 13.4 Å². The van der Waals surface area contributed by atoms with Gasteiger partial charge in [0.25, 0.3) is 0 Å². The van der Waals surface area contributed by atoms with Gasteiger partial charge in [0.1, 0.15) is 0 Å². The van der Waals surface area contributed by atoms with Gasteiger partial charge in [-0.2, -0.15) is 4.31 Å². The molecule has 0 atom stereocenters. The van der Waals surface area contributed by atoms with Crippen LogP contribution in [0.3, 0.4) is 0 Å². The van der Waals surface area contributed by atoms with Crippen molar-refractivity contribution in [3.63, 3.8) is 0 Å². The second-order valence-electron chi connectivity index (χ2n) is 5.41. The Hall–Kier alpha value is -2.03. The zero-order valence-electron chi connectivity index (χ0n) is 13.1. The van der Waals surface area contributed by atoms with Crippen LogP contribution in [0.5, 0.6) is 0 Å². The summed E-state index contributed by atoms with van der Waals surface area (Å²) in [6.07, 6.45) is 2.14. The van der Waals surface area contributed by atoms with Gasteiger partial charge in [-0.1, -0.05) is 30.3 Å². The Kier molecular flexibility index (Phi) is 4.79. The van der Waals surface area contributed by atoms with Gasteiger partial charge in [0.05, 0.1) is 12.2 Å². The minimum absolute atomic E-state index is 0.184. The van der Waals surface area contributed by atoms with Crippen molar-refractivity contribution in [1.82, 2.24) is 9.29 Å². The summed E-state index contributed by atoms with van der Waals surface area (Å²) in [6, 6.07) is 9.31. The molecule has 2 heterocycles. The third kappa shape index (κ3) is 3.89. The number of anilines is 1. The number of aromatic nitrogens is 1. The molecule has 0 radical (unpaired) electrons. The first-order valence-corrected chi connectivity index (χ1v) is 9.75. The van der Waals surface area contributed by atoms with E-state index in [0.29, 0.717) is 18.1 Å². The average Bonchev–Trinajstić information content (AvgIpc) is 2.94. The number of nitrogens with zero attached hydrogens (tertiary/aromatic N) is 2. The van der Waals surface area contributed by atoms with Crippen LogP contribution in [0.25, 0.3) is 6.08 Å². The van der Waals surface area contributed by atoms with E-state index < -0.39 is 10.0 Å². The lowest BCUT2D eigenvalue weighted by atomic mass is 10.2. The summed E-state index contributed by atoms with van der Waals surface area (Å²) in [5.74, 6) is -0.184. The molecule has 0 saturated heterocycles. The van der Waals surface area contributed by atoms with Crippen molar-refractivity contribution in [1.29, 1.82) is 0 Å². The summed E-state index contributed by atoms with van der Waals surface area (Å²) < 4.78 is 26.4. The highest BCUT2D eigenvalue weighted by atomic mass is 32.2. The molecule has 1 aromatic heterocycles. The lowest BCUT2D eigenvalue weighted by Gasteiger charge is -2.23. The molecule has 0 saturated carbocycles. The third-order valence-corrected chi connectivity index (χ3v) is 6.08. The Morgan fingerprint density at radius 1 is 1.33 bits per heavy atom. The third-order valence-electron chi connectivity index (χ3n) is 3.57. The fourth-order valence-electron chi connectivity index (χ4n) is 2.41. The van der Waals surface area contributed by atoms with Crippen LogP contribution >= 0.6 is 11.3 Å². The molecule has 1 amide bonds. The van der Waals surface area contributed by atoms with Gasteiger partial charge in [0.2, 0.25) is 15.9 Å². The summed E-state index contributed by atoms with van der Waals surface area (Å²) in [7, 11) is -3.49. The Labute approximate surface area is 144 Å². The van der Waals surface area contributed by atoms with Gasteiger partial charge in [-0.15, -0.1) is 11.3 Å². The standard InChI is InChI=1S/C16H17N3O3S2/c1-12(20)17-16-18-14-7-9-19(11-15(14)23-16)24(21,22)10-8-13-5-3-2-4-6-13/h2-6,8,10H,7,9,11H2,1H3,(H,17,18,20)/b10-8+. The molecule has 1 aliphatic heterocycles. The molecule has 8 heteroatoms. The summed E-state index contributed by atoms with van der Waals surface area (Å²) in [5, 5.41) is 4.41. The van der Waals surface area contributed by atoms with Crippen molar-refractivity contribution in [2.24, 2.45) is 0 Å². The van der Waals surface area contributed by atoms with E-state index in [1.807, 2.05) is 30.3 Å². The number of carbonyl (C=O) groups excluding carboxylic acids is 1. The quantitative estimate of drug-likeness (QED) is 0.905. The van der Waals surface area contributed by atoms with Crippen molar-refractivity contribution in [3.8, 4) is 0 Å². The molecule has 2 aromatic rings. The first-order chi connectivity index (χ1) is 11.4. The molecule has 0 unspecified atom stereocenters. The van der Waals surface area contributed by atoms with Gasteiger partial charge < -0.3 is 5.32 Å². The lowest BCUT2D eigenvalue weighted by Crippen LogP contribution is -2.34. The maximum atomic E-state index is 12.5. The van der Waals surface area contributed by atoms with Gasteiger partial charge >= 0.3 is 0 Å². The predicted molar refractivity (Wildman–Crippen MR) is 94.9 cm³/mol. The molecule has 0 fully saturated rings. The van der Waals surface area contributed by atoms with Crippen LogP contribution in [0.2, 0.25) is 0 Å². The van der Waals surface area contributed by atoms with Crippen LogP contribution in [-0.4, -0.2) is 30.2 Å². The number of carbonyl (C=O) groups is 1. The second-order valence-corrected chi connectivity index (χ2v) is 8.31. The number of rotatable bonds is 4. The van der Waals surface area contributed by atoms with Crippen LogP contribution in [0, 0.1) is 0 Å². The Bertz CT molecular complexity index is 873. The first kappa shape index (κ1) is 16.8. The summed E-state index contributed by atoms with van der Waals surface area (Å²) >= 11 is 1.32. The number of hydrogen-bond acceptors (Lipinski definition) is 5. The van der Waals surface area contributed by atoms with E-state index >= 15 is 0 Å². The number of fused-ring (bicyclic) bond motifs is 1. The van der Waals surface area contributed by atoms with E-state index in [9.17, 15) is 13.2 Å². The summed E-state index contributed by atoms with van der Waals surface area (Å²) in [5.41, 5.74) is 1.70. The zero-order chi connectivity index (χ0) is 17.2. The predicted octanol–water partition coefficient (Wildman–Crippen LogP) is 2.46. The molecule has 1 N–H and O–H groups in total. The van der Waals surface area contributed by atoms with Crippen LogP contribution in [0.4, 0.5) is 5.13 Å². The van der Waals surface area contributed by atoms with E-state index in [4.69, 9.17) is 0 Å². The van der Waals surface area contributed by atoms with Gasteiger partial charge in [-0.3, -0.25) is 4.79 Å². The maximum absolute atomic E-state index is 12.5. The molecule has 0 spiro atoms. The molecule has 6 nitrogen and oxygen atoms in total. The van der Waals surface area contributed by atoms with Crippen LogP contribution in [0.1, 0.15) is 23.1 Å². The number of thiazole rings is 1. The summed E-state index contributed by atoms with van der Waals surface area (Å²) in [4.78, 5) is 16.3. The zero-order valence-corrected chi connectivity index (χ0v) is 14.7. The molecular weight excluding hydrogens is 346 g/mol. The molecule has 126 valence electrons. The minimum atomic E-state index is -3.49. The van der Waals surface area contributed by atoms with Crippen molar-refractivity contribution < 1.29 is 13.2 Å². The molecule has 24 heavy (non-hydrogen) atoms. The highest BCUT2D eigenvalue weighted by Gasteiger charge is 2.27. The highest BCUT2D eigenvalue weighted by Crippen LogP contribution is 2.29. The molecular formula is C16H17N3O3S2. The molecule has 1 aliphatic rings. The minimum Gasteiger partial charge on any atom is -0.302 e. The van der Waals surface area contributed by atoms with Crippen molar-refractivity contribution in [2.75, 3.05) is 11.9 Å². The average molecular weight is 363 g/mol. The van der Waals surface area contributed by atoms with Gasteiger partial charge in [0, 0.05) is 30.2 Å². The largest absolute Gasteiger partial charge is 0.302 e. The van der Waals surface area contributed by atoms with Crippen molar-refractivity contribution >= 4 is 38.5 Å². The number of benzene rings is 1. The van der Waals surface area contributed by atoms with Crippen LogP contribution < -0.4 is 5.32 Å².